The molecular weight excluding hydrogens is 374 g/mol. The van der Waals surface area contributed by atoms with E-state index in [-0.39, 0.29) is 18.4 Å². The Labute approximate surface area is 166 Å². The average molecular weight is 393 g/mol. The van der Waals surface area contributed by atoms with E-state index in [4.69, 9.17) is 0 Å². The number of aromatic nitrogens is 2. The second-order valence-corrected chi connectivity index (χ2v) is 7.36. The second kappa shape index (κ2) is 8.18. The number of fused-ring (bicyclic) bond motifs is 1. The molecule has 0 aliphatic carbocycles. The molecule has 28 heavy (non-hydrogen) atoms. The topological polar surface area (TPSA) is 87.2 Å². The maximum Gasteiger partial charge on any atom is 0.252 e. The molecule has 0 bridgehead atoms. The normalized spacial score (nSPS) is 13.0. The average Bonchev–Trinajstić information content (AvgIpc) is 3.24. The Morgan fingerprint density at radius 3 is 2.96 bits per heavy atom. The number of anilines is 2. The van der Waals surface area contributed by atoms with Crippen LogP contribution in [0.15, 0.2) is 54.2 Å². The van der Waals surface area contributed by atoms with E-state index in [2.05, 4.69) is 20.6 Å². The van der Waals surface area contributed by atoms with E-state index in [1.807, 2.05) is 35.7 Å². The summed E-state index contributed by atoms with van der Waals surface area (Å²) < 4.78 is 0. The number of thiophene rings is 1. The molecule has 8 heteroatoms. The number of carbonyl (C=O) groups excluding carboxylic acids is 2. The Morgan fingerprint density at radius 1 is 1.25 bits per heavy atom. The van der Waals surface area contributed by atoms with E-state index in [1.54, 1.807) is 28.5 Å². The molecule has 0 spiro atoms. The second-order valence-electron chi connectivity index (χ2n) is 6.33. The highest BCUT2D eigenvalue weighted by atomic mass is 32.1. The van der Waals surface area contributed by atoms with Gasteiger partial charge in [0.05, 0.1) is 30.0 Å². The third kappa shape index (κ3) is 4.01. The van der Waals surface area contributed by atoms with Gasteiger partial charge in [-0.3, -0.25) is 14.6 Å². The molecule has 2 N–H and O–H groups in total. The van der Waals surface area contributed by atoms with E-state index >= 15 is 0 Å². The van der Waals surface area contributed by atoms with Crippen molar-refractivity contribution >= 4 is 34.7 Å². The fourth-order valence-corrected chi connectivity index (χ4v) is 3.70. The SMILES string of the molecule is O=C(NCCc1cccs1)c1cnc2c(c1)N(Cc1ccccn1)C(=O)CN2. The summed E-state index contributed by atoms with van der Waals surface area (Å²) in [6.07, 6.45) is 4.01. The van der Waals surface area contributed by atoms with E-state index in [0.717, 1.165) is 12.1 Å². The number of amides is 2. The van der Waals surface area contributed by atoms with Crippen molar-refractivity contribution in [2.24, 2.45) is 0 Å². The van der Waals surface area contributed by atoms with Crippen LogP contribution in [0.25, 0.3) is 0 Å². The van der Waals surface area contributed by atoms with Gasteiger partial charge >= 0.3 is 0 Å². The summed E-state index contributed by atoms with van der Waals surface area (Å²) >= 11 is 1.67. The lowest BCUT2D eigenvalue weighted by Crippen LogP contribution is -2.40. The predicted octanol–water partition coefficient (Wildman–Crippen LogP) is 2.47. The number of nitrogens with one attached hydrogen (secondary N) is 2. The van der Waals surface area contributed by atoms with Crippen LogP contribution >= 0.6 is 11.3 Å². The van der Waals surface area contributed by atoms with Crippen molar-refractivity contribution in [2.45, 2.75) is 13.0 Å². The van der Waals surface area contributed by atoms with Gasteiger partial charge in [0, 0.05) is 23.8 Å². The van der Waals surface area contributed by atoms with Gasteiger partial charge in [-0.15, -0.1) is 11.3 Å². The van der Waals surface area contributed by atoms with Crippen molar-refractivity contribution in [1.29, 1.82) is 0 Å². The van der Waals surface area contributed by atoms with Crippen LogP contribution in [-0.4, -0.2) is 34.9 Å². The van der Waals surface area contributed by atoms with Gasteiger partial charge in [-0.2, -0.15) is 0 Å². The molecule has 7 nitrogen and oxygen atoms in total. The van der Waals surface area contributed by atoms with Gasteiger partial charge in [0.15, 0.2) is 5.82 Å². The summed E-state index contributed by atoms with van der Waals surface area (Å²) in [4.78, 5) is 36.4. The lowest BCUT2D eigenvalue weighted by Gasteiger charge is -2.29. The fourth-order valence-electron chi connectivity index (χ4n) is 2.99. The van der Waals surface area contributed by atoms with Crippen LogP contribution < -0.4 is 15.5 Å². The van der Waals surface area contributed by atoms with E-state index in [9.17, 15) is 9.59 Å². The lowest BCUT2D eigenvalue weighted by atomic mass is 10.1. The van der Waals surface area contributed by atoms with Crippen molar-refractivity contribution in [1.82, 2.24) is 15.3 Å². The van der Waals surface area contributed by atoms with Crippen molar-refractivity contribution in [3.05, 3.63) is 70.3 Å². The van der Waals surface area contributed by atoms with Crippen LogP contribution in [-0.2, 0) is 17.8 Å². The Kier molecular flexibility index (Phi) is 5.29. The first-order valence-electron chi connectivity index (χ1n) is 8.95. The zero-order valence-electron chi connectivity index (χ0n) is 15.1. The lowest BCUT2D eigenvalue weighted by molar-refractivity contribution is -0.117. The smallest absolute Gasteiger partial charge is 0.252 e. The first-order valence-corrected chi connectivity index (χ1v) is 9.83. The van der Waals surface area contributed by atoms with Crippen LogP contribution in [0.2, 0.25) is 0 Å². The maximum absolute atomic E-state index is 12.5. The summed E-state index contributed by atoms with van der Waals surface area (Å²) in [7, 11) is 0. The van der Waals surface area contributed by atoms with Crippen molar-refractivity contribution in [2.75, 3.05) is 23.3 Å². The standard InChI is InChI=1S/C20H19N5O2S/c26-18-12-24-19-17(25(18)13-15-4-1-2-7-21-15)10-14(11-23-19)20(27)22-8-6-16-5-3-9-28-16/h1-5,7,9-11H,6,8,12-13H2,(H,22,27)(H,23,24). The van der Waals surface area contributed by atoms with Crippen molar-refractivity contribution in [3.63, 3.8) is 0 Å². The van der Waals surface area contributed by atoms with Crippen LogP contribution in [0.3, 0.4) is 0 Å². The van der Waals surface area contributed by atoms with Gasteiger partial charge in [0.2, 0.25) is 5.91 Å². The van der Waals surface area contributed by atoms with E-state index in [0.29, 0.717) is 30.2 Å². The monoisotopic (exact) mass is 393 g/mol. The molecule has 4 heterocycles. The Morgan fingerprint density at radius 2 is 2.18 bits per heavy atom. The third-order valence-electron chi connectivity index (χ3n) is 4.41. The van der Waals surface area contributed by atoms with Gasteiger partial charge < -0.3 is 15.5 Å². The fraction of sp³-hybridized carbons (Fsp3) is 0.200. The number of hydrogen-bond acceptors (Lipinski definition) is 6. The zero-order valence-corrected chi connectivity index (χ0v) is 15.9. The van der Waals surface area contributed by atoms with Crippen LogP contribution in [0.1, 0.15) is 20.9 Å². The summed E-state index contributed by atoms with van der Waals surface area (Å²) in [6, 6.07) is 11.3. The molecule has 0 saturated carbocycles. The number of rotatable bonds is 6. The Hall–Kier alpha value is -3.26. The summed E-state index contributed by atoms with van der Waals surface area (Å²) in [5.74, 6) is 0.295. The van der Waals surface area contributed by atoms with Gasteiger partial charge in [-0.1, -0.05) is 12.1 Å². The highest BCUT2D eigenvalue weighted by Crippen LogP contribution is 2.29. The van der Waals surface area contributed by atoms with Crippen LogP contribution in [0, 0.1) is 0 Å². The third-order valence-corrected chi connectivity index (χ3v) is 5.35. The van der Waals surface area contributed by atoms with Gasteiger partial charge in [-0.05, 0) is 36.1 Å². The number of carbonyl (C=O) groups is 2. The van der Waals surface area contributed by atoms with Crippen molar-refractivity contribution < 1.29 is 9.59 Å². The molecule has 4 rings (SSSR count). The first-order chi connectivity index (χ1) is 13.7. The zero-order chi connectivity index (χ0) is 19.3. The summed E-state index contributed by atoms with van der Waals surface area (Å²) in [6.45, 7) is 1.05. The molecule has 0 aromatic carbocycles. The molecule has 1 aliphatic heterocycles. The molecule has 3 aromatic rings. The molecule has 1 aliphatic rings. The van der Waals surface area contributed by atoms with Crippen molar-refractivity contribution in [3.8, 4) is 0 Å². The maximum atomic E-state index is 12.5. The first kappa shape index (κ1) is 18.1. The Bertz CT molecular complexity index is 976. The minimum absolute atomic E-state index is 0.0878. The molecule has 0 unspecified atom stereocenters. The number of pyridine rings is 2. The highest BCUT2D eigenvalue weighted by molar-refractivity contribution is 7.09. The van der Waals surface area contributed by atoms with E-state index in [1.165, 1.54) is 11.1 Å². The molecule has 142 valence electrons. The minimum Gasteiger partial charge on any atom is -0.359 e. The summed E-state index contributed by atoms with van der Waals surface area (Å²) in [5.41, 5.74) is 1.79. The number of nitrogens with zero attached hydrogens (tertiary/aromatic N) is 3. The molecule has 0 saturated heterocycles. The highest BCUT2D eigenvalue weighted by Gasteiger charge is 2.26. The predicted molar refractivity (Wildman–Crippen MR) is 109 cm³/mol. The molecule has 0 radical (unpaired) electrons. The molecular formula is C20H19N5O2S. The number of hydrogen-bond donors (Lipinski definition) is 2. The largest absolute Gasteiger partial charge is 0.359 e. The molecule has 3 aromatic heterocycles. The van der Waals surface area contributed by atoms with Gasteiger partial charge in [-0.25, -0.2) is 4.98 Å². The summed E-state index contributed by atoms with van der Waals surface area (Å²) in [5, 5.41) is 7.93. The van der Waals surface area contributed by atoms with E-state index < -0.39 is 0 Å². The molecule has 0 atom stereocenters. The van der Waals surface area contributed by atoms with Gasteiger partial charge in [0.1, 0.15) is 0 Å². The van der Waals surface area contributed by atoms with Crippen LogP contribution in [0.5, 0.6) is 0 Å². The minimum atomic E-state index is -0.206. The van der Waals surface area contributed by atoms with Gasteiger partial charge in [0.25, 0.3) is 5.91 Å². The molecule has 0 fully saturated rings. The van der Waals surface area contributed by atoms with Crippen LogP contribution in [0.4, 0.5) is 11.5 Å². The Balaban J connectivity index is 1.50. The quantitative estimate of drug-likeness (QED) is 0.672. The molecule has 2 amide bonds.